The van der Waals surface area contributed by atoms with Crippen molar-refractivity contribution in [3.8, 4) is 0 Å². The second-order valence-corrected chi connectivity index (χ2v) is 13.7. The van der Waals surface area contributed by atoms with Gasteiger partial charge in [-0.25, -0.2) is 0 Å². The molecule has 0 aromatic carbocycles. The Morgan fingerprint density at radius 1 is 0.660 bits per heavy atom. The molecular weight excluding hydrogens is 657 g/mol. The minimum atomic E-state index is -1.62. The molecule has 2 saturated heterocycles. The van der Waals surface area contributed by atoms with Gasteiger partial charge in [0.25, 0.3) is 0 Å². The summed E-state index contributed by atoms with van der Waals surface area (Å²) in [5.74, 6) is -4.62. The Hall–Kier alpha value is -3.36. The third kappa shape index (κ3) is 14.1. The van der Waals surface area contributed by atoms with E-state index in [4.69, 9.17) is 0 Å². The molecule has 3 rings (SSSR count). The third-order valence-corrected chi connectivity index (χ3v) is 9.83. The van der Waals surface area contributed by atoms with Crippen LogP contribution < -0.4 is 10.6 Å². The minimum absolute atomic E-state index is 0.0296. The Balaban J connectivity index is 1.48. The molecular formula is C31H54BN7O11. The smallest absolute Gasteiger partial charge is 0.475 e. The molecule has 1 saturated carbocycles. The largest absolute Gasteiger partial charge is 0.480 e. The molecule has 2 heterocycles. The zero-order valence-corrected chi connectivity index (χ0v) is 29.0. The normalized spacial score (nSPS) is 24.4. The molecule has 282 valence electrons. The van der Waals surface area contributed by atoms with E-state index in [1.54, 1.807) is 21.6 Å². The number of amides is 3. The van der Waals surface area contributed by atoms with Gasteiger partial charge in [0.1, 0.15) is 6.04 Å². The molecule has 3 amide bonds. The van der Waals surface area contributed by atoms with Crippen molar-refractivity contribution in [1.82, 2.24) is 35.1 Å². The lowest BCUT2D eigenvalue weighted by atomic mass is 9.77. The predicted molar refractivity (Wildman–Crippen MR) is 180 cm³/mol. The maximum absolute atomic E-state index is 13.1. The van der Waals surface area contributed by atoms with Crippen LogP contribution in [0, 0.1) is 11.8 Å². The van der Waals surface area contributed by atoms with Gasteiger partial charge in [-0.15, -0.1) is 0 Å². The number of carbonyl (C=O) groups excluding carboxylic acids is 3. The van der Waals surface area contributed by atoms with Crippen LogP contribution in [-0.4, -0.2) is 196 Å². The van der Waals surface area contributed by atoms with E-state index in [9.17, 15) is 54.1 Å². The summed E-state index contributed by atoms with van der Waals surface area (Å²) in [6.45, 7) is 4.23. The van der Waals surface area contributed by atoms with E-state index in [2.05, 4.69) is 10.6 Å². The number of carboxylic acids is 3. The van der Waals surface area contributed by atoms with Gasteiger partial charge in [-0.1, -0.05) is 0 Å². The summed E-state index contributed by atoms with van der Waals surface area (Å²) >= 11 is 0. The first kappa shape index (κ1) is 41.1. The summed E-state index contributed by atoms with van der Waals surface area (Å²) in [6, 6.07) is -0.788. The maximum atomic E-state index is 13.1. The summed E-state index contributed by atoms with van der Waals surface area (Å²) in [5, 5.41) is 53.1. The second kappa shape index (κ2) is 20.5. The highest BCUT2D eigenvalue weighted by Crippen LogP contribution is 2.29. The molecule has 7 N–H and O–H groups in total. The Bertz CT molecular complexity index is 1140. The second-order valence-electron chi connectivity index (χ2n) is 13.7. The van der Waals surface area contributed by atoms with Crippen LogP contribution in [0.5, 0.6) is 0 Å². The number of carbonyl (C=O) groups is 6. The molecule has 0 unspecified atom stereocenters. The lowest BCUT2D eigenvalue weighted by Crippen LogP contribution is -2.53. The van der Waals surface area contributed by atoms with E-state index in [0.29, 0.717) is 90.9 Å². The highest BCUT2D eigenvalue weighted by Gasteiger charge is 2.39. The van der Waals surface area contributed by atoms with Crippen LogP contribution in [0.25, 0.3) is 0 Å². The Morgan fingerprint density at radius 3 is 1.52 bits per heavy atom. The van der Waals surface area contributed by atoms with Gasteiger partial charge in [-0.3, -0.25) is 48.4 Å². The average molecular weight is 712 g/mol. The Labute approximate surface area is 292 Å². The van der Waals surface area contributed by atoms with E-state index in [1.807, 2.05) is 4.90 Å². The van der Waals surface area contributed by atoms with Gasteiger partial charge >= 0.3 is 25.0 Å². The van der Waals surface area contributed by atoms with Gasteiger partial charge in [0.15, 0.2) is 0 Å². The van der Waals surface area contributed by atoms with E-state index in [-0.39, 0.29) is 68.8 Å². The summed E-state index contributed by atoms with van der Waals surface area (Å²) in [4.78, 5) is 81.6. The van der Waals surface area contributed by atoms with Crippen LogP contribution in [-0.2, 0) is 28.8 Å². The predicted octanol–water partition coefficient (Wildman–Crippen LogP) is -3.11. The standard InChI is InChI=1S/C31H54BN7O11/c1-22(31(48)39-8-2-3-25(39)32(49)50)34-30(47)24-6-4-23(5-7-24)17-33-26(40)18-35-9-11-36(19-27(41)42)13-15-38(21-29(45)46)16-14-37(12-10-35)20-28(43)44/h22-25,49-50H,2-21H2,1H3,(H,33,40)(H,34,47)(H,41,42)(H,43,44)(H,45,46)/t22-,23-,24-,25+/m1/s1. The number of nitrogens with zero attached hydrogens (tertiary/aromatic N) is 5. The van der Waals surface area contributed by atoms with Gasteiger partial charge in [-0.05, 0) is 51.4 Å². The fourth-order valence-corrected chi connectivity index (χ4v) is 6.95. The molecule has 19 heteroatoms. The molecule has 0 aromatic rings. The molecule has 2 atom stereocenters. The van der Waals surface area contributed by atoms with Gasteiger partial charge in [0.2, 0.25) is 17.7 Å². The van der Waals surface area contributed by atoms with Crippen LogP contribution in [0.4, 0.5) is 0 Å². The van der Waals surface area contributed by atoms with Crippen molar-refractivity contribution in [1.29, 1.82) is 0 Å². The minimum Gasteiger partial charge on any atom is -0.480 e. The Kier molecular flexibility index (Phi) is 16.8. The highest BCUT2D eigenvalue weighted by molar-refractivity contribution is 6.43. The molecule has 0 aromatic heterocycles. The number of carboxylic acid groups (broad SMARTS) is 3. The van der Waals surface area contributed by atoms with E-state index < -0.39 is 37.0 Å². The van der Waals surface area contributed by atoms with Crippen LogP contribution in [0.15, 0.2) is 0 Å². The lowest BCUT2D eigenvalue weighted by Gasteiger charge is -2.33. The van der Waals surface area contributed by atoms with Gasteiger partial charge < -0.3 is 40.9 Å². The number of hydrogen-bond acceptors (Lipinski definition) is 12. The molecule has 0 spiro atoms. The summed E-state index contributed by atoms with van der Waals surface area (Å²) in [6.07, 6.45) is 3.79. The fourth-order valence-electron chi connectivity index (χ4n) is 6.95. The summed E-state index contributed by atoms with van der Waals surface area (Å²) < 4.78 is 0. The number of likely N-dealkylation sites (tertiary alicyclic amines) is 1. The Morgan fingerprint density at radius 2 is 1.10 bits per heavy atom. The monoisotopic (exact) mass is 711 g/mol. The first-order valence-electron chi connectivity index (χ1n) is 17.5. The van der Waals surface area contributed by atoms with Crippen molar-refractivity contribution in [2.24, 2.45) is 11.8 Å². The van der Waals surface area contributed by atoms with Crippen molar-refractivity contribution < 1.29 is 54.1 Å². The fraction of sp³-hybridized carbons (Fsp3) is 0.806. The lowest BCUT2D eigenvalue weighted by molar-refractivity contribution is -0.140. The molecule has 0 radical (unpaired) electrons. The number of rotatable bonds is 14. The highest BCUT2D eigenvalue weighted by atomic mass is 16.4. The van der Waals surface area contributed by atoms with E-state index in [0.717, 1.165) is 0 Å². The topological polar surface area (TPSA) is 244 Å². The number of hydrogen-bond donors (Lipinski definition) is 7. The van der Waals surface area contributed by atoms with Crippen LogP contribution in [0.1, 0.15) is 45.4 Å². The summed E-state index contributed by atoms with van der Waals surface area (Å²) in [5.41, 5.74) is 0. The van der Waals surface area contributed by atoms with Crippen molar-refractivity contribution in [2.45, 2.75) is 57.4 Å². The van der Waals surface area contributed by atoms with Crippen molar-refractivity contribution in [2.75, 3.05) is 91.6 Å². The first-order valence-corrected chi connectivity index (χ1v) is 17.5. The molecule has 2 aliphatic heterocycles. The van der Waals surface area contributed by atoms with Gasteiger partial charge in [0.05, 0.1) is 32.1 Å². The van der Waals surface area contributed by atoms with Crippen molar-refractivity contribution in [3.63, 3.8) is 0 Å². The van der Waals surface area contributed by atoms with Gasteiger partial charge in [0, 0.05) is 71.4 Å². The van der Waals surface area contributed by atoms with Crippen LogP contribution in [0.2, 0.25) is 0 Å². The summed E-state index contributed by atoms with van der Waals surface area (Å²) in [7, 11) is -1.62. The zero-order chi connectivity index (χ0) is 36.8. The molecule has 3 aliphatic rings. The number of nitrogens with one attached hydrogen (secondary N) is 2. The van der Waals surface area contributed by atoms with Crippen LogP contribution in [0.3, 0.4) is 0 Å². The van der Waals surface area contributed by atoms with Crippen molar-refractivity contribution in [3.05, 3.63) is 0 Å². The third-order valence-electron chi connectivity index (χ3n) is 9.83. The van der Waals surface area contributed by atoms with E-state index in [1.165, 1.54) is 4.90 Å². The van der Waals surface area contributed by atoms with Crippen molar-refractivity contribution >= 4 is 42.7 Å². The number of aliphatic carboxylic acids is 3. The maximum Gasteiger partial charge on any atom is 0.475 e. The first-order chi connectivity index (χ1) is 23.7. The van der Waals surface area contributed by atoms with Gasteiger partial charge in [-0.2, -0.15) is 0 Å². The van der Waals surface area contributed by atoms with Crippen LogP contribution >= 0.6 is 0 Å². The molecule has 18 nitrogen and oxygen atoms in total. The average Bonchev–Trinajstić information content (AvgIpc) is 3.55. The zero-order valence-electron chi connectivity index (χ0n) is 29.0. The molecule has 50 heavy (non-hydrogen) atoms. The molecule has 1 aliphatic carbocycles. The molecule has 0 bridgehead atoms. The SMILES string of the molecule is C[C@@H](NC(=O)[C@H]1CC[C@H](CNC(=O)CN2CCN(CC(=O)O)CCN(CC(=O)O)CCN(CC(=O)O)CC2)CC1)C(=O)N1CCC[C@H]1B(O)O. The van der Waals surface area contributed by atoms with E-state index >= 15 is 0 Å². The quantitative estimate of drug-likeness (QED) is 0.0883. The molecule has 3 fully saturated rings.